The Labute approximate surface area is 139 Å². The zero-order valence-electron chi connectivity index (χ0n) is 12.9. The van der Waals surface area contributed by atoms with Gasteiger partial charge in [0, 0.05) is 17.7 Å². The molecule has 0 heterocycles. The predicted molar refractivity (Wildman–Crippen MR) is 91.9 cm³/mol. The molecule has 0 saturated heterocycles. The molecule has 0 unspecified atom stereocenters. The van der Waals surface area contributed by atoms with Crippen LogP contribution in [-0.4, -0.2) is 19.0 Å². The summed E-state index contributed by atoms with van der Waals surface area (Å²) in [6.45, 7) is 0.194. The highest BCUT2D eigenvalue weighted by molar-refractivity contribution is 5.99. The van der Waals surface area contributed by atoms with E-state index in [-0.39, 0.29) is 19.0 Å². The number of para-hydroxylation sites is 1. The van der Waals surface area contributed by atoms with Crippen LogP contribution in [0.3, 0.4) is 0 Å². The molecule has 2 aromatic rings. The van der Waals surface area contributed by atoms with E-state index in [1.165, 1.54) is 0 Å². The van der Waals surface area contributed by atoms with Gasteiger partial charge in [-0.1, -0.05) is 18.2 Å². The number of ether oxygens (including phenoxy) is 1. The van der Waals surface area contributed by atoms with Gasteiger partial charge in [-0.3, -0.25) is 5.43 Å². The van der Waals surface area contributed by atoms with Crippen molar-refractivity contribution < 1.29 is 9.13 Å². The standard InChI is InChI=1S/C17H18FN5O/c18-10-13(11-19)12-24-16-8-6-14(7-9-16)17(21-20)23-22-15-4-2-1-3-5-15/h1-10,20,22H,11-12,19H2/b13-10-,21-20?,23-17-. The summed E-state index contributed by atoms with van der Waals surface area (Å²) in [5, 5.41) is 7.53. The van der Waals surface area contributed by atoms with Gasteiger partial charge in [0.25, 0.3) is 0 Å². The monoisotopic (exact) mass is 327 g/mol. The largest absolute Gasteiger partial charge is 0.489 e. The SMILES string of the molecule is N=N/C(=N\Nc1ccccc1)c1ccc(OC/C(=C\F)CN)cc1. The molecule has 0 saturated carbocycles. The Morgan fingerprint density at radius 3 is 2.46 bits per heavy atom. The van der Waals surface area contributed by atoms with E-state index in [0.717, 1.165) is 5.69 Å². The molecule has 0 aliphatic heterocycles. The number of halogens is 1. The third-order valence-corrected chi connectivity index (χ3v) is 3.12. The van der Waals surface area contributed by atoms with E-state index in [4.69, 9.17) is 16.0 Å². The molecule has 0 atom stereocenters. The second-order valence-electron chi connectivity index (χ2n) is 4.81. The molecule has 7 heteroatoms. The fourth-order valence-electron chi connectivity index (χ4n) is 1.80. The molecule has 24 heavy (non-hydrogen) atoms. The first-order valence-corrected chi connectivity index (χ1v) is 7.24. The predicted octanol–water partition coefficient (Wildman–Crippen LogP) is 3.68. The van der Waals surface area contributed by atoms with Crippen LogP contribution in [0.4, 0.5) is 10.1 Å². The summed E-state index contributed by atoms with van der Waals surface area (Å²) < 4.78 is 17.8. The number of rotatable bonds is 7. The highest BCUT2D eigenvalue weighted by atomic mass is 19.1. The van der Waals surface area contributed by atoms with Crippen molar-refractivity contribution in [2.75, 3.05) is 18.6 Å². The molecule has 0 aliphatic carbocycles. The Kier molecular flexibility index (Phi) is 6.60. The summed E-state index contributed by atoms with van der Waals surface area (Å²) >= 11 is 0. The molecule has 0 radical (unpaired) electrons. The molecule has 2 rings (SSSR count). The molecule has 0 bridgehead atoms. The average Bonchev–Trinajstić information content (AvgIpc) is 2.65. The van der Waals surface area contributed by atoms with Crippen molar-refractivity contribution in [2.24, 2.45) is 15.9 Å². The third kappa shape index (κ3) is 4.99. The zero-order chi connectivity index (χ0) is 17.2. The van der Waals surface area contributed by atoms with Crippen molar-refractivity contribution in [3.05, 3.63) is 72.1 Å². The van der Waals surface area contributed by atoms with Gasteiger partial charge < -0.3 is 10.5 Å². The summed E-state index contributed by atoms with van der Waals surface area (Å²) in [5.41, 5.74) is 17.3. The lowest BCUT2D eigenvalue weighted by Gasteiger charge is -2.08. The Hall–Kier alpha value is -3.06. The highest BCUT2D eigenvalue weighted by Gasteiger charge is 2.04. The van der Waals surface area contributed by atoms with Gasteiger partial charge in [0.05, 0.1) is 12.0 Å². The molecular weight excluding hydrogens is 309 g/mol. The first-order chi connectivity index (χ1) is 11.8. The first kappa shape index (κ1) is 17.3. The molecule has 0 spiro atoms. The fraction of sp³-hybridized carbons (Fsp3) is 0.118. The van der Waals surface area contributed by atoms with Crippen LogP contribution in [0, 0.1) is 5.53 Å². The van der Waals surface area contributed by atoms with Gasteiger partial charge in [0.2, 0.25) is 0 Å². The molecule has 0 amide bonds. The lowest BCUT2D eigenvalue weighted by atomic mass is 10.2. The second kappa shape index (κ2) is 9.16. The van der Waals surface area contributed by atoms with Crippen molar-refractivity contribution in [3.63, 3.8) is 0 Å². The maximum atomic E-state index is 12.4. The number of nitrogens with one attached hydrogen (secondary N) is 2. The average molecular weight is 327 g/mol. The van der Waals surface area contributed by atoms with Crippen LogP contribution in [0.25, 0.3) is 0 Å². The summed E-state index contributed by atoms with van der Waals surface area (Å²) in [6.07, 6.45) is 0.452. The number of hydrazone groups is 1. The number of benzene rings is 2. The third-order valence-electron chi connectivity index (χ3n) is 3.12. The number of anilines is 1. The van der Waals surface area contributed by atoms with E-state index in [2.05, 4.69) is 15.6 Å². The molecule has 4 N–H and O–H groups in total. The van der Waals surface area contributed by atoms with Crippen LogP contribution < -0.4 is 15.9 Å². The minimum atomic E-state index is 0.0890. The zero-order valence-corrected chi connectivity index (χ0v) is 12.9. The van der Waals surface area contributed by atoms with Gasteiger partial charge in [-0.15, -0.1) is 5.11 Å². The van der Waals surface area contributed by atoms with Gasteiger partial charge in [-0.2, -0.15) is 5.10 Å². The Balaban J connectivity index is 2.03. The van der Waals surface area contributed by atoms with Crippen LogP contribution in [0.1, 0.15) is 5.56 Å². The van der Waals surface area contributed by atoms with Crippen molar-refractivity contribution >= 4 is 11.5 Å². The fourth-order valence-corrected chi connectivity index (χ4v) is 1.80. The van der Waals surface area contributed by atoms with Crippen LogP contribution in [-0.2, 0) is 0 Å². The van der Waals surface area contributed by atoms with E-state index in [0.29, 0.717) is 23.2 Å². The summed E-state index contributed by atoms with van der Waals surface area (Å²) in [7, 11) is 0. The summed E-state index contributed by atoms with van der Waals surface area (Å²) in [4.78, 5) is 0. The van der Waals surface area contributed by atoms with Crippen molar-refractivity contribution in [3.8, 4) is 5.75 Å². The van der Waals surface area contributed by atoms with Crippen molar-refractivity contribution in [1.29, 1.82) is 5.53 Å². The second-order valence-corrected chi connectivity index (χ2v) is 4.81. The van der Waals surface area contributed by atoms with Gasteiger partial charge >= 0.3 is 0 Å². The molecule has 0 fully saturated rings. The minimum Gasteiger partial charge on any atom is -0.489 e. The molecule has 6 nitrogen and oxygen atoms in total. The van der Waals surface area contributed by atoms with Gasteiger partial charge in [-0.25, -0.2) is 9.92 Å². The quantitative estimate of drug-likeness (QED) is 0.313. The normalized spacial score (nSPS) is 11.9. The summed E-state index contributed by atoms with van der Waals surface area (Å²) in [5.74, 6) is 0.795. The maximum absolute atomic E-state index is 12.4. The molecule has 2 aromatic carbocycles. The number of hydrogen-bond donors (Lipinski definition) is 3. The maximum Gasteiger partial charge on any atom is 0.200 e. The molecular formula is C17H18FN5O. The smallest absolute Gasteiger partial charge is 0.200 e. The van der Waals surface area contributed by atoms with Crippen molar-refractivity contribution in [1.82, 2.24) is 0 Å². The topological polar surface area (TPSA) is 95.8 Å². The lowest BCUT2D eigenvalue weighted by molar-refractivity contribution is 0.347. The summed E-state index contributed by atoms with van der Waals surface area (Å²) in [6, 6.07) is 16.2. The van der Waals surface area contributed by atoms with Crippen LogP contribution in [0.15, 0.2) is 76.7 Å². The van der Waals surface area contributed by atoms with Crippen LogP contribution >= 0.6 is 0 Å². The van der Waals surface area contributed by atoms with Crippen LogP contribution in [0.2, 0.25) is 0 Å². The number of nitrogens with two attached hydrogens (primary N) is 1. The van der Waals surface area contributed by atoms with Gasteiger partial charge in [0.15, 0.2) is 5.84 Å². The van der Waals surface area contributed by atoms with E-state index in [1.807, 2.05) is 30.3 Å². The Morgan fingerprint density at radius 1 is 1.17 bits per heavy atom. The number of hydrogen-bond acceptors (Lipinski definition) is 5. The van der Waals surface area contributed by atoms with Gasteiger partial charge in [-0.05, 0) is 36.4 Å². The molecule has 0 aromatic heterocycles. The van der Waals surface area contributed by atoms with Crippen LogP contribution in [0.5, 0.6) is 5.75 Å². The lowest BCUT2D eigenvalue weighted by Crippen LogP contribution is -2.10. The number of amidine groups is 1. The Bertz CT molecular complexity index is 714. The Morgan fingerprint density at radius 2 is 1.88 bits per heavy atom. The van der Waals surface area contributed by atoms with Gasteiger partial charge in [0.1, 0.15) is 12.4 Å². The van der Waals surface area contributed by atoms with Crippen molar-refractivity contribution in [2.45, 2.75) is 0 Å². The van der Waals surface area contributed by atoms with E-state index in [9.17, 15) is 4.39 Å². The molecule has 0 aliphatic rings. The first-order valence-electron chi connectivity index (χ1n) is 7.24. The van der Waals surface area contributed by atoms with E-state index >= 15 is 0 Å². The minimum absolute atomic E-state index is 0.0890. The van der Waals surface area contributed by atoms with E-state index in [1.54, 1.807) is 24.3 Å². The number of nitrogens with zero attached hydrogens (tertiary/aromatic N) is 2. The highest BCUT2D eigenvalue weighted by Crippen LogP contribution is 2.15. The molecule has 124 valence electrons. The van der Waals surface area contributed by atoms with E-state index < -0.39 is 0 Å².